The molecule has 0 aliphatic rings. The summed E-state index contributed by atoms with van der Waals surface area (Å²) in [6, 6.07) is 4.49. The fraction of sp³-hybridized carbons (Fsp3) is 0.364. The van der Waals surface area contributed by atoms with Crippen molar-refractivity contribution in [3.05, 3.63) is 29.3 Å². The molecule has 0 aromatic heterocycles. The monoisotopic (exact) mass is 209 g/mol. The van der Waals surface area contributed by atoms with Gasteiger partial charge in [-0.3, -0.25) is 4.79 Å². The predicted molar refractivity (Wildman–Crippen MR) is 56.9 cm³/mol. The van der Waals surface area contributed by atoms with Crippen molar-refractivity contribution in [1.29, 1.82) is 0 Å². The highest BCUT2D eigenvalue weighted by atomic mass is 16.3. The molecule has 0 fully saturated rings. The number of phenolic OH excluding ortho intramolecular Hbond substituents is 1. The normalized spacial score (nSPS) is 12.2. The SMILES string of the molecule is Cc1ccc(O)c(C(=O)NC(C)CO)c1. The maximum atomic E-state index is 11.6. The van der Waals surface area contributed by atoms with Gasteiger partial charge in [0.1, 0.15) is 5.75 Å². The van der Waals surface area contributed by atoms with Gasteiger partial charge < -0.3 is 15.5 Å². The van der Waals surface area contributed by atoms with Crippen molar-refractivity contribution in [3.63, 3.8) is 0 Å². The molecule has 1 amide bonds. The lowest BCUT2D eigenvalue weighted by atomic mass is 10.1. The van der Waals surface area contributed by atoms with Gasteiger partial charge in [-0.2, -0.15) is 0 Å². The van der Waals surface area contributed by atoms with Gasteiger partial charge >= 0.3 is 0 Å². The van der Waals surface area contributed by atoms with Gasteiger partial charge in [0.2, 0.25) is 0 Å². The lowest BCUT2D eigenvalue weighted by Gasteiger charge is -2.11. The van der Waals surface area contributed by atoms with E-state index in [-0.39, 0.29) is 29.9 Å². The third-order valence-electron chi connectivity index (χ3n) is 2.05. The Hall–Kier alpha value is -1.55. The second-order valence-corrected chi connectivity index (χ2v) is 3.58. The van der Waals surface area contributed by atoms with Crippen molar-refractivity contribution in [2.24, 2.45) is 0 Å². The molecule has 0 aliphatic carbocycles. The fourth-order valence-electron chi connectivity index (χ4n) is 1.18. The van der Waals surface area contributed by atoms with Crippen LogP contribution in [0, 0.1) is 6.92 Å². The largest absolute Gasteiger partial charge is 0.507 e. The van der Waals surface area contributed by atoms with Gasteiger partial charge in [-0.1, -0.05) is 11.6 Å². The zero-order valence-electron chi connectivity index (χ0n) is 8.82. The zero-order chi connectivity index (χ0) is 11.4. The minimum Gasteiger partial charge on any atom is -0.507 e. The number of carbonyl (C=O) groups excluding carboxylic acids is 1. The molecule has 1 aromatic carbocycles. The van der Waals surface area contributed by atoms with Crippen LogP contribution in [0.1, 0.15) is 22.8 Å². The summed E-state index contributed by atoms with van der Waals surface area (Å²) < 4.78 is 0. The number of aliphatic hydroxyl groups is 1. The smallest absolute Gasteiger partial charge is 0.255 e. The van der Waals surface area contributed by atoms with Crippen LogP contribution in [0.3, 0.4) is 0 Å². The lowest BCUT2D eigenvalue weighted by Crippen LogP contribution is -2.35. The summed E-state index contributed by atoms with van der Waals surface area (Å²) in [4.78, 5) is 11.6. The molecular weight excluding hydrogens is 194 g/mol. The number of amides is 1. The predicted octanol–water partition coefficient (Wildman–Crippen LogP) is 0.811. The Bertz CT molecular complexity index is 363. The molecule has 1 unspecified atom stereocenters. The number of rotatable bonds is 3. The quantitative estimate of drug-likeness (QED) is 0.690. The van der Waals surface area contributed by atoms with Gasteiger partial charge in [0.25, 0.3) is 5.91 Å². The number of hydrogen-bond acceptors (Lipinski definition) is 3. The van der Waals surface area contributed by atoms with Crippen LogP contribution in [0.4, 0.5) is 0 Å². The Balaban J connectivity index is 2.86. The highest BCUT2D eigenvalue weighted by molar-refractivity contribution is 5.97. The molecule has 4 heteroatoms. The van der Waals surface area contributed by atoms with E-state index in [2.05, 4.69) is 5.32 Å². The van der Waals surface area contributed by atoms with E-state index in [0.717, 1.165) is 5.56 Å². The zero-order valence-corrected chi connectivity index (χ0v) is 8.82. The van der Waals surface area contributed by atoms with Crippen LogP contribution in [0.5, 0.6) is 5.75 Å². The minimum atomic E-state index is -0.377. The maximum Gasteiger partial charge on any atom is 0.255 e. The molecule has 0 saturated carbocycles. The van der Waals surface area contributed by atoms with E-state index in [1.807, 2.05) is 6.92 Å². The first-order valence-corrected chi connectivity index (χ1v) is 4.76. The van der Waals surface area contributed by atoms with Gasteiger partial charge in [0, 0.05) is 6.04 Å². The van der Waals surface area contributed by atoms with Crippen molar-refractivity contribution >= 4 is 5.91 Å². The topological polar surface area (TPSA) is 69.6 Å². The van der Waals surface area contributed by atoms with Crippen LogP contribution in [-0.2, 0) is 0 Å². The van der Waals surface area contributed by atoms with E-state index in [0.29, 0.717) is 0 Å². The van der Waals surface area contributed by atoms with Crippen LogP contribution >= 0.6 is 0 Å². The summed E-state index contributed by atoms with van der Waals surface area (Å²) in [7, 11) is 0. The van der Waals surface area contributed by atoms with E-state index < -0.39 is 0 Å². The first-order valence-electron chi connectivity index (χ1n) is 4.76. The maximum absolute atomic E-state index is 11.6. The number of benzene rings is 1. The molecule has 3 N–H and O–H groups in total. The van der Waals surface area contributed by atoms with Crippen molar-refractivity contribution in [2.45, 2.75) is 19.9 Å². The Morgan fingerprint density at radius 2 is 2.20 bits per heavy atom. The average molecular weight is 209 g/mol. The van der Waals surface area contributed by atoms with Gasteiger partial charge in [0.15, 0.2) is 0 Å². The lowest BCUT2D eigenvalue weighted by molar-refractivity contribution is 0.0919. The Kier molecular flexibility index (Phi) is 3.68. The number of nitrogens with one attached hydrogen (secondary N) is 1. The molecule has 0 radical (unpaired) electrons. The third kappa shape index (κ3) is 2.95. The minimum absolute atomic E-state index is 0.0526. The van der Waals surface area contributed by atoms with Gasteiger partial charge in [-0.25, -0.2) is 0 Å². The summed E-state index contributed by atoms with van der Waals surface area (Å²) in [5, 5.41) is 20.8. The molecule has 0 heterocycles. The van der Waals surface area contributed by atoms with Crippen molar-refractivity contribution < 1.29 is 15.0 Å². The molecule has 1 rings (SSSR count). The van der Waals surface area contributed by atoms with Crippen molar-refractivity contribution in [3.8, 4) is 5.75 Å². The van der Waals surface area contributed by atoms with Gasteiger partial charge in [-0.15, -0.1) is 0 Å². The van der Waals surface area contributed by atoms with E-state index in [9.17, 15) is 9.90 Å². The highest BCUT2D eigenvalue weighted by Crippen LogP contribution is 2.17. The average Bonchev–Trinajstić information content (AvgIpc) is 2.21. The molecule has 0 saturated heterocycles. The number of aliphatic hydroxyl groups excluding tert-OH is 1. The van der Waals surface area contributed by atoms with Gasteiger partial charge in [0.05, 0.1) is 12.2 Å². The Labute approximate surface area is 88.6 Å². The number of aromatic hydroxyl groups is 1. The summed E-state index contributed by atoms with van der Waals surface area (Å²) in [6.45, 7) is 3.40. The van der Waals surface area contributed by atoms with Crippen LogP contribution in [0.15, 0.2) is 18.2 Å². The summed E-state index contributed by atoms with van der Waals surface area (Å²) in [5.41, 5.74) is 1.13. The van der Waals surface area contributed by atoms with E-state index in [1.165, 1.54) is 6.07 Å². The first kappa shape index (κ1) is 11.5. The van der Waals surface area contributed by atoms with Crippen molar-refractivity contribution in [1.82, 2.24) is 5.32 Å². The molecule has 1 aromatic rings. The second-order valence-electron chi connectivity index (χ2n) is 3.58. The second kappa shape index (κ2) is 4.79. The number of aryl methyl sites for hydroxylation is 1. The molecule has 0 bridgehead atoms. The van der Waals surface area contributed by atoms with Crippen LogP contribution in [-0.4, -0.2) is 28.8 Å². The molecule has 4 nitrogen and oxygen atoms in total. The van der Waals surface area contributed by atoms with E-state index in [1.54, 1.807) is 19.1 Å². The fourth-order valence-corrected chi connectivity index (χ4v) is 1.18. The van der Waals surface area contributed by atoms with Crippen LogP contribution < -0.4 is 5.32 Å². The molecule has 15 heavy (non-hydrogen) atoms. The highest BCUT2D eigenvalue weighted by Gasteiger charge is 2.12. The van der Waals surface area contributed by atoms with Crippen LogP contribution in [0.2, 0.25) is 0 Å². The molecule has 82 valence electrons. The van der Waals surface area contributed by atoms with Gasteiger partial charge in [-0.05, 0) is 26.0 Å². The summed E-state index contributed by atoms with van der Waals surface area (Å²) in [6.07, 6.45) is 0. The van der Waals surface area contributed by atoms with Crippen molar-refractivity contribution in [2.75, 3.05) is 6.61 Å². The number of phenols is 1. The Morgan fingerprint density at radius 1 is 1.53 bits per heavy atom. The van der Waals surface area contributed by atoms with E-state index in [4.69, 9.17) is 5.11 Å². The molecule has 1 atom stereocenters. The third-order valence-corrected chi connectivity index (χ3v) is 2.05. The first-order chi connectivity index (χ1) is 7.04. The molecular formula is C11H15NO3. The number of carbonyl (C=O) groups is 1. The Morgan fingerprint density at radius 3 is 2.80 bits per heavy atom. The summed E-state index contributed by atoms with van der Waals surface area (Å²) in [5.74, 6) is -0.430. The summed E-state index contributed by atoms with van der Waals surface area (Å²) >= 11 is 0. The standard InChI is InChI=1S/C11H15NO3/c1-7-3-4-10(14)9(5-7)11(15)12-8(2)6-13/h3-5,8,13-14H,6H2,1-2H3,(H,12,15). The number of hydrogen-bond donors (Lipinski definition) is 3. The van der Waals surface area contributed by atoms with E-state index >= 15 is 0 Å². The van der Waals surface area contributed by atoms with Crippen LogP contribution in [0.25, 0.3) is 0 Å². The molecule has 0 spiro atoms. The molecule has 0 aliphatic heterocycles.